The highest BCUT2D eigenvalue weighted by atomic mass is 79.9. The zero-order valence-electron chi connectivity index (χ0n) is 10.5. The predicted octanol–water partition coefficient (Wildman–Crippen LogP) is 4.90. The average Bonchev–Trinajstić information content (AvgIpc) is 2.77. The fourth-order valence-corrected chi connectivity index (χ4v) is 3.56. The number of thiophene rings is 1. The van der Waals surface area contributed by atoms with E-state index in [1.54, 1.807) is 23.5 Å². The maximum Gasteiger partial charge on any atom is 0.269 e. The van der Waals surface area contributed by atoms with Crippen molar-refractivity contribution < 1.29 is 4.92 Å². The van der Waals surface area contributed by atoms with Crippen molar-refractivity contribution in [1.29, 1.82) is 0 Å². The summed E-state index contributed by atoms with van der Waals surface area (Å²) in [7, 11) is 0. The minimum absolute atomic E-state index is 0.119. The normalized spacial score (nSPS) is 12.2. The van der Waals surface area contributed by atoms with Crippen molar-refractivity contribution in [3.63, 3.8) is 0 Å². The number of anilines is 1. The lowest BCUT2D eigenvalue weighted by atomic mass is 10.1. The van der Waals surface area contributed by atoms with Crippen LogP contribution in [0.25, 0.3) is 0 Å². The number of benzene rings is 1. The molecule has 0 fully saturated rings. The molecule has 2 aromatic rings. The number of nitro groups is 1. The highest BCUT2D eigenvalue weighted by Gasteiger charge is 2.13. The molecule has 1 unspecified atom stereocenters. The number of rotatable bonds is 4. The zero-order chi connectivity index (χ0) is 14.0. The summed E-state index contributed by atoms with van der Waals surface area (Å²) in [6.07, 6.45) is 0. The lowest BCUT2D eigenvalue weighted by Gasteiger charge is -2.16. The van der Waals surface area contributed by atoms with Gasteiger partial charge in [-0.2, -0.15) is 0 Å². The van der Waals surface area contributed by atoms with Crippen molar-refractivity contribution in [3.05, 3.63) is 54.7 Å². The van der Waals surface area contributed by atoms with Crippen LogP contribution in [0.2, 0.25) is 0 Å². The number of non-ortho nitro benzene ring substituents is 1. The van der Waals surface area contributed by atoms with Gasteiger partial charge in [-0.25, -0.2) is 0 Å². The Hall–Kier alpha value is -1.40. The molecule has 0 aliphatic rings. The molecule has 1 atom stereocenters. The number of nitrogens with zero attached hydrogens (tertiary/aromatic N) is 1. The highest BCUT2D eigenvalue weighted by molar-refractivity contribution is 9.10. The molecule has 1 N–H and O–H groups in total. The van der Waals surface area contributed by atoms with Crippen LogP contribution < -0.4 is 5.32 Å². The summed E-state index contributed by atoms with van der Waals surface area (Å²) in [5, 5.41) is 16.1. The molecule has 1 aromatic carbocycles. The van der Waals surface area contributed by atoms with Gasteiger partial charge < -0.3 is 5.32 Å². The molecule has 100 valence electrons. The third-order valence-corrected chi connectivity index (χ3v) is 4.88. The Bertz CT molecular complexity index is 612. The predicted molar refractivity (Wildman–Crippen MR) is 81.9 cm³/mol. The van der Waals surface area contributed by atoms with Crippen LogP contribution in [-0.2, 0) is 0 Å². The largest absolute Gasteiger partial charge is 0.377 e. The van der Waals surface area contributed by atoms with Gasteiger partial charge in [0.15, 0.2) is 0 Å². The standard InChI is InChI=1S/C13H13BrN2O2S/c1-8-7-10(16(17)18)3-4-12(8)15-9(2)13-11(14)5-6-19-13/h3-7,9,15H,1-2H3. The van der Waals surface area contributed by atoms with Gasteiger partial charge in [0, 0.05) is 27.2 Å². The maximum atomic E-state index is 10.7. The molecule has 1 heterocycles. The maximum absolute atomic E-state index is 10.7. The molecule has 0 aliphatic carbocycles. The van der Waals surface area contributed by atoms with Crippen LogP contribution >= 0.6 is 27.3 Å². The Labute approximate surface area is 123 Å². The molecule has 0 bridgehead atoms. The summed E-state index contributed by atoms with van der Waals surface area (Å²) >= 11 is 5.18. The van der Waals surface area contributed by atoms with Gasteiger partial charge in [-0.3, -0.25) is 10.1 Å². The molecule has 0 saturated carbocycles. The Kier molecular flexibility index (Phi) is 4.21. The van der Waals surface area contributed by atoms with Crippen molar-refractivity contribution in [3.8, 4) is 0 Å². The van der Waals surface area contributed by atoms with E-state index in [2.05, 4.69) is 28.2 Å². The molecule has 19 heavy (non-hydrogen) atoms. The summed E-state index contributed by atoms with van der Waals surface area (Å²) in [5.74, 6) is 0. The number of nitro benzene ring substituents is 1. The van der Waals surface area contributed by atoms with E-state index >= 15 is 0 Å². The van der Waals surface area contributed by atoms with Crippen LogP contribution in [0.1, 0.15) is 23.4 Å². The minimum atomic E-state index is -0.379. The monoisotopic (exact) mass is 340 g/mol. The number of hydrogen-bond donors (Lipinski definition) is 1. The second-order valence-electron chi connectivity index (χ2n) is 4.26. The molecular formula is C13H13BrN2O2S. The molecule has 0 aliphatic heterocycles. The van der Waals surface area contributed by atoms with E-state index in [1.165, 1.54) is 10.9 Å². The third kappa shape index (κ3) is 3.13. The topological polar surface area (TPSA) is 55.2 Å². The van der Waals surface area contributed by atoms with E-state index in [0.29, 0.717) is 0 Å². The van der Waals surface area contributed by atoms with E-state index in [9.17, 15) is 10.1 Å². The van der Waals surface area contributed by atoms with E-state index in [-0.39, 0.29) is 16.7 Å². The van der Waals surface area contributed by atoms with Gasteiger partial charge in [0.1, 0.15) is 0 Å². The minimum Gasteiger partial charge on any atom is -0.377 e. The highest BCUT2D eigenvalue weighted by Crippen LogP contribution is 2.32. The Balaban J connectivity index is 2.20. The van der Waals surface area contributed by atoms with Gasteiger partial charge in [-0.15, -0.1) is 11.3 Å². The molecule has 0 amide bonds. The molecule has 0 spiro atoms. The molecular weight excluding hydrogens is 328 g/mol. The summed E-state index contributed by atoms with van der Waals surface area (Å²) < 4.78 is 1.08. The summed E-state index contributed by atoms with van der Waals surface area (Å²) in [6, 6.07) is 7.02. The first-order chi connectivity index (χ1) is 8.99. The van der Waals surface area contributed by atoms with Crippen LogP contribution in [0, 0.1) is 17.0 Å². The van der Waals surface area contributed by atoms with Crippen LogP contribution in [0.15, 0.2) is 34.1 Å². The molecule has 1 aromatic heterocycles. The smallest absolute Gasteiger partial charge is 0.269 e. The number of hydrogen-bond acceptors (Lipinski definition) is 4. The molecule has 0 saturated heterocycles. The Morgan fingerprint density at radius 2 is 2.16 bits per heavy atom. The number of nitrogens with one attached hydrogen (secondary N) is 1. The van der Waals surface area contributed by atoms with Crippen LogP contribution in [0.3, 0.4) is 0 Å². The molecule has 2 rings (SSSR count). The zero-order valence-corrected chi connectivity index (χ0v) is 12.9. The van der Waals surface area contributed by atoms with Crippen LogP contribution in [-0.4, -0.2) is 4.92 Å². The van der Waals surface area contributed by atoms with Gasteiger partial charge in [-0.1, -0.05) is 0 Å². The quantitative estimate of drug-likeness (QED) is 0.636. The van der Waals surface area contributed by atoms with Gasteiger partial charge in [0.2, 0.25) is 0 Å². The first-order valence-corrected chi connectivity index (χ1v) is 7.40. The molecule has 4 nitrogen and oxygen atoms in total. The SMILES string of the molecule is Cc1cc([N+](=O)[O-])ccc1NC(C)c1sccc1Br. The van der Waals surface area contributed by atoms with Gasteiger partial charge in [0.05, 0.1) is 11.0 Å². The van der Waals surface area contributed by atoms with E-state index in [0.717, 1.165) is 15.7 Å². The van der Waals surface area contributed by atoms with Crippen LogP contribution in [0.4, 0.5) is 11.4 Å². The van der Waals surface area contributed by atoms with Gasteiger partial charge in [0.25, 0.3) is 5.69 Å². The first-order valence-electron chi connectivity index (χ1n) is 5.73. The fraction of sp³-hybridized carbons (Fsp3) is 0.231. The summed E-state index contributed by atoms with van der Waals surface area (Å²) in [4.78, 5) is 11.5. The van der Waals surface area contributed by atoms with Crippen molar-refractivity contribution in [2.75, 3.05) is 5.32 Å². The number of aryl methyl sites for hydroxylation is 1. The Morgan fingerprint density at radius 1 is 1.42 bits per heavy atom. The number of halogens is 1. The van der Waals surface area contributed by atoms with Crippen LogP contribution in [0.5, 0.6) is 0 Å². The lowest BCUT2D eigenvalue weighted by molar-refractivity contribution is -0.384. The summed E-state index contributed by atoms with van der Waals surface area (Å²) in [6.45, 7) is 3.93. The second kappa shape index (κ2) is 5.71. The van der Waals surface area contributed by atoms with E-state index in [1.807, 2.05) is 18.4 Å². The van der Waals surface area contributed by atoms with Crippen molar-refractivity contribution in [1.82, 2.24) is 0 Å². The molecule has 0 radical (unpaired) electrons. The lowest BCUT2D eigenvalue weighted by Crippen LogP contribution is -2.06. The Morgan fingerprint density at radius 3 is 2.68 bits per heavy atom. The van der Waals surface area contributed by atoms with Crippen molar-refractivity contribution >= 4 is 38.6 Å². The van der Waals surface area contributed by atoms with E-state index in [4.69, 9.17) is 0 Å². The van der Waals surface area contributed by atoms with Crippen molar-refractivity contribution in [2.24, 2.45) is 0 Å². The third-order valence-electron chi connectivity index (χ3n) is 2.83. The van der Waals surface area contributed by atoms with Gasteiger partial charge in [-0.05, 0) is 52.9 Å². The molecule has 6 heteroatoms. The summed E-state index contributed by atoms with van der Waals surface area (Å²) in [5.41, 5.74) is 1.90. The van der Waals surface area contributed by atoms with E-state index < -0.39 is 0 Å². The average molecular weight is 341 g/mol. The van der Waals surface area contributed by atoms with Crippen molar-refractivity contribution in [2.45, 2.75) is 19.9 Å². The fourth-order valence-electron chi connectivity index (χ4n) is 1.84. The van der Waals surface area contributed by atoms with Gasteiger partial charge >= 0.3 is 0 Å². The first kappa shape index (κ1) is 14.0. The second-order valence-corrected chi connectivity index (χ2v) is 6.06.